The van der Waals surface area contributed by atoms with Crippen LogP contribution in [0.3, 0.4) is 0 Å². The molecule has 262 valence electrons. The Kier molecular flexibility index (Phi) is 16.5. The Morgan fingerprint density at radius 1 is 0.917 bits per heavy atom. The van der Waals surface area contributed by atoms with Crippen molar-refractivity contribution in [2.75, 3.05) is 39.6 Å². The first-order chi connectivity index (χ1) is 22.6. The fourth-order valence-electron chi connectivity index (χ4n) is 4.03. The maximum atomic E-state index is 12.9. The minimum atomic E-state index is -0.803. The molecule has 1 aromatic carbocycles. The number of carbonyl (C=O) groups is 3. The van der Waals surface area contributed by atoms with Crippen molar-refractivity contribution in [1.82, 2.24) is 15.2 Å². The summed E-state index contributed by atoms with van der Waals surface area (Å²) in [6.45, 7) is 13.5. The molecule has 1 atom stereocenters. The number of hydrogen-bond donors (Lipinski definition) is 1. The van der Waals surface area contributed by atoms with Gasteiger partial charge in [0, 0.05) is 0 Å². The summed E-state index contributed by atoms with van der Waals surface area (Å²) in [7, 11) is 0. The lowest BCUT2D eigenvalue weighted by Crippen LogP contribution is -2.45. The van der Waals surface area contributed by atoms with Crippen LogP contribution in [-0.2, 0) is 23.7 Å². The predicted octanol–water partition coefficient (Wildman–Crippen LogP) is 6.99. The second-order valence-electron chi connectivity index (χ2n) is 12.6. The zero-order chi connectivity index (χ0) is 35.7. The number of nitrogens with zero attached hydrogens (tertiary/aromatic N) is 3. The highest BCUT2D eigenvalue weighted by molar-refractivity contribution is 9.10. The van der Waals surface area contributed by atoms with Crippen molar-refractivity contribution < 1.29 is 38.1 Å². The smallest absolute Gasteiger partial charge is 0.419 e. The van der Waals surface area contributed by atoms with E-state index in [4.69, 9.17) is 23.7 Å². The molecule has 1 N–H and O–H groups in total. The van der Waals surface area contributed by atoms with Gasteiger partial charge in [0.15, 0.2) is 0 Å². The van der Waals surface area contributed by atoms with Gasteiger partial charge in [-0.1, -0.05) is 31.5 Å². The van der Waals surface area contributed by atoms with E-state index >= 15 is 0 Å². The van der Waals surface area contributed by atoms with E-state index in [1.165, 1.54) is 6.08 Å². The van der Waals surface area contributed by atoms with Crippen LogP contribution in [0.2, 0.25) is 0 Å². The molecule has 0 spiro atoms. The average molecular weight is 732 g/mol. The Morgan fingerprint density at radius 3 is 2.04 bits per heavy atom. The number of hydrogen-bond acceptors (Lipinski definition) is 10. The first kappa shape index (κ1) is 40.2. The number of ether oxygens (including phenoxy) is 5. The maximum Gasteiger partial charge on any atom is 0.419 e. The number of imide groups is 1. The summed E-state index contributed by atoms with van der Waals surface area (Å²) in [6, 6.07) is 14.4. The number of amides is 3. The minimum Gasteiger partial charge on any atom is -0.491 e. The molecule has 1 aromatic heterocycles. The molecule has 0 aliphatic carbocycles. The molecule has 0 saturated heterocycles. The second kappa shape index (κ2) is 19.7. The van der Waals surface area contributed by atoms with Crippen molar-refractivity contribution in [3.63, 3.8) is 0 Å². The fourth-order valence-corrected chi connectivity index (χ4v) is 4.39. The number of rotatable bonds is 16. The average Bonchev–Trinajstić information content (AvgIpc) is 2.99. The van der Waals surface area contributed by atoms with E-state index in [1.807, 2.05) is 37.3 Å². The van der Waals surface area contributed by atoms with Gasteiger partial charge in [0.25, 0.3) is 5.91 Å². The van der Waals surface area contributed by atoms with Crippen molar-refractivity contribution in [2.45, 2.75) is 78.6 Å². The van der Waals surface area contributed by atoms with Crippen LogP contribution in [-0.4, -0.2) is 78.8 Å². The molecule has 0 bridgehead atoms. The molecule has 0 fully saturated rings. The fraction of sp³-hybridized carbons (Fsp3) is 0.514. The summed E-state index contributed by atoms with van der Waals surface area (Å²) >= 11 is 3.30. The van der Waals surface area contributed by atoms with Gasteiger partial charge in [0.05, 0.1) is 44.7 Å². The van der Waals surface area contributed by atoms with Gasteiger partial charge < -0.3 is 29.0 Å². The standard InChI is InChI=1S/C35H47BrN4O8/c1-8-10-29(39-31(41)26(24-37)23-27-11-9-12-30(36)38-27)25-13-15-28(16-14-25)46-22-21-45-20-19-44-18-17-40(32(42)47-34(2,3)4)33(43)48-35(5,6)7/h9,11-16,23,29H,8,10,17-22H2,1-7H3,(H,39,41)/b26-23+. The van der Waals surface area contributed by atoms with Crippen LogP contribution in [0, 0.1) is 11.3 Å². The molecule has 12 nitrogen and oxygen atoms in total. The Labute approximate surface area is 291 Å². The lowest BCUT2D eigenvalue weighted by Gasteiger charge is -2.28. The van der Waals surface area contributed by atoms with Crippen molar-refractivity contribution in [2.24, 2.45) is 0 Å². The van der Waals surface area contributed by atoms with Crippen LogP contribution >= 0.6 is 15.9 Å². The van der Waals surface area contributed by atoms with E-state index in [0.717, 1.165) is 16.9 Å². The topological polar surface area (TPSA) is 149 Å². The monoisotopic (exact) mass is 730 g/mol. The Bertz CT molecular complexity index is 1380. The van der Waals surface area contributed by atoms with Crippen LogP contribution < -0.4 is 10.1 Å². The molecule has 13 heteroatoms. The van der Waals surface area contributed by atoms with Crippen molar-refractivity contribution in [3.8, 4) is 11.8 Å². The van der Waals surface area contributed by atoms with E-state index in [2.05, 4.69) is 26.2 Å². The van der Waals surface area contributed by atoms with Crippen molar-refractivity contribution in [3.05, 3.63) is 63.9 Å². The van der Waals surface area contributed by atoms with Crippen LogP contribution in [0.1, 0.15) is 78.6 Å². The molecule has 48 heavy (non-hydrogen) atoms. The first-order valence-electron chi connectivity index (χ1n) is 15.8. The molecule has 1 heterocycles. The lowest BCUT2D eigenvalue weighted by molar-refractivity contribution is -0.117. The summed E-state index contributed by atoms with van der Waals surface area (Å²) in [6.07, 6.45) is 1.37. The van der Waals surface area contributed by atoms with Gasteiger partial charge in [-0.05, 0) is 99.8 Å². The number of carbonyl (C=O) groups excluding carboxylic acids is 3. The predicted molar refractivity (Wildman–Crippen MR) is 184 cm³/mol. The van der Waals surface area contributed by atoms with E-state index in [9.17, 15) is 19.6 Å². The molecular weight excluding hydrogens is 684 g/mol. The zero-order valence-corrected chi connectivity index (χ0v) is 30.4. The van der Waals surface area contributed by atoms with E-state index < -0.39 is 29.3 Å². The number of pyridine rings is 1. The van der Waals surface area contributed by atoms with E-state index in [-0.39, 0.29) is 38.0 Å². The third-order valence-electron chi connectivity index (χ3n) is 6.11. The molecule has 0 radical (unpaired) electrons. The van der Waals surface area contributed by atoms with Crippen LogP contribution in [0.4, 0.5) is 9.59 Å². The highest BCUT2D eigenvalue weighted by atomic mass is 79.9. The van der Waals surface area contributed by atoms with Crippen LogP contribution in [0.25, 0.3) is 6.08 Å². The molecule has 0 aliphatic rings. The number of benzene rings is 1. The molecule has 0 saturated carbocycles. The Morgan fingerprint density at radius 2 is 1.50 bits per heavy atom. The van der Waals surface area contributed by atoms with Gasteiger partial charge in [0.1, 0.15) is 39.8 Å². The quantitative estimate of drug-likeness (QED) is 0.0829. The largest absolute Gasteiger partial charge is 0.491 e. The van der Waals surface area contributed by atoms with Crippen LogP contribution in [0.5, 0.6) is 5.75 Å². The number of nitriles is 1. The Balaban J connectivity index is 1.77. The van der Waals surface area contributed by atoms with Gasteiger partial charge >= 0.3 is 12.2 Å². The molecule has 0 aliphatic heterocycles. The molecule has 2 rings (SSSR count). The SMILES string of the molecule is CCCC(NC(=O)/C(C#N)=C/c1cccc(Br)n1)c1ccc(OCCOCCOCCN(C(=O)OC(C)(C)C)C(=O)OC(C)(C)C)cc1. The summed E-state index contributed by atoms with van der Waals surface area (Å²) in [4.78, 5) is 43.2. The highest BCUT2D eigenvalue weighted by Crippen LogP contribution is 2.23. The van der Waals surface area contributed by atoms with Gasteiger partial charge in [-0.15, -0.1) is 0 Å². The number of nitrogens with one attached hydrogen (secondary N) is 1. The zero-order valence-electron chi connectivity index (χ0n) is 28.8. The normalized spacial score (nSPS) is 12.4. The lowest BCUT2D eigenvalue weighted by atomic mass is 10.0. The molecule has 1 unspecified atom stereocenters. The van der Waals surface area contributed by atoms with Gasteiger partial charge in [-0.25, -0.2) is 19.5 Å². The Hall–Kier alpha value is -3.99. The van der Waals surface area contributed by atoms with Gasteiger partial charge in [-0.3, -0.25) is 4.79 Å². The van der Waals surface area contributed by atoms with Crippen LogP contribution in [0.15, 0.2) is 52.6 Å². The minimum absolute atomic E-state index is 0.0318. The van der Waals surface area contributed by atoms with E-state index in [1.54, 1.807) is 59.7 Å². The number of aromatic nitrogens is 1. The number of halogens is 1. The first-order valence-corrected chi connectivity index (χ1v) is 16.6. The van der Waals surface area contributed by atoms with Gasteiger partial charge in [0.2, 0.25) is 0 Å². The van der Waals surface area contributed by atoms with Crippen molar-refractivity contribution in [1.29, 1.82) is 5.26 Å². The van der Waals surface area contributed by atoms with Crippen molar-refractivity contribution >= 4 is 40.1 Å². The summed E-state index contributed by atoms with van der Waals surface area (Å²) < 4.78 is 28.2. The summed E-state index contributed by atoms with van der Waals surface area (Å²) in [5.41, 5.74) is -0.184. The van der Waals surface area contributed by atoms with E-state index in [0.29, 0.717) is 35.7 Å². The summed E-state index contributed by atoms with van der Waals surface area (Å²) in [5.74, 6) is 0.172. The third-order valence-corrected chi connectivity index (χ3v) is 6.56. The molecule has 3 amide bonds. The highest BCUT2D eigenvalue weighted by Gasteiger charge is 2.31. The summed E-state index contributed by atoms with van der Waals surface area (Å²) in [5, 5.41) is 12.5. The second-order valence-corrected chi connectivity index (χ2v) is 13.4. The molecular formula is C35H47BrN4O8. The van der Waals surface area contributed by atoms with Gasteiger partial charge in [-0.2, -0.15) is 5.26 Å². The molecule has 2 aromatic rings. The maximum absolute atomic E-state index is 12.9. The third kappa shape index (κ3) is 15.7.